The van der Waals surface area contributed by atoms with Crippen molar-refractivity contribution in [2.24, 2.45) is 0 Å². The van der Waals surface area contributed by atoms with Crippen LogP contribution in [0.2, 0.25) is 0 Å². The van der Waals surface area contributed by atoms with Gasteiger partial charge < -0.3 is 5.32 Å². The van der Waals surface area contributed by atoms with Crippen LogP contribution < -0.4 is 5.32 Å². The largest absolute Gasteiger partial charge is 0.310 e. The second kappa shape index (κ2) is 6.48. The highest BCUT2D eigenvalue weighted by Gasteiger charge is 2.11. The molecule has 0 aliphatic carbocycles. The summed E-state index contributed by atoms with van der Waals surface area (Å²) in [5.74, 6) is 0. The van der Waals surface area contributed by atoms with Gasteiger partial charge in [-0.3, -0.25) is 4.98 Å². The van der Waals surface area contributed by atoms with Gasteiger partial charge in [0.2, 0.25) is 0 Å². The van der Waals surface area contributed by atoms with Crippen molar-refractivity contribution in [2.75, 3.05) is 0 Å². The lowest BCUT2D eigenvalue weighted by molar-refractivity contribution is 0.585. The highest BCUT2D eigenvalue weighted by atomic mass is 15.3. The molecule has 4 heteroatoms. The number of rotatable bonds is 6. The number of nitrogens with one attached hydrogen (secondary N) is 1. The lowest BCUT2D eigenvalue weighted by Crippen LogP contribution is -2.22. The minimum Gasteiger partial charge on any atom is -0.310 e. The second-order valence-electron chi connectivity index (χ2n) is 5.02. The predicted molar refractivity (Wildman–Crippen MR) is 77.3 cm³/mol. The minimum absolute atomic E-state index is 0.485. The van der Waals surface area contributed by atoms with E-state index >= 15 is 0 Å². The molecule has 2 aromatic rings. The van der Waals surface area contributed by atoms with Gasteiger partial charge in [0, 0.05) is 36.2 Å². The van der Waals surface area contributed by atoms with Crippen LogP contribution in [-0.2, 0) is 13.0 Å². The van der Waals surface area contributed by atoms with Crippen LogP contribution in [0, 0.1) is 0 Å². The smallest absolute Gasteiger partial charge is 0.0679 e. The van der Waals surface area contributed by atoms with E-state index in [1.807, 2.05) is 23.0 Å². The number of hydrogen-bond acceptors (Lipinski definition) is 3. The fourth-order valence-corrected chi connectivity index (χ4v) is 2.08. The Kier molecular flexibility index (Phi) is 4.68. The summed E-state index contributed by atoms with van der Waals surface area (Å²) < 4.78 is 2.03. The van der Waals surface area contributed by atoms with Crippen LogP contribution in [0.1, 0.15) is 38.4 Å². The van der Waals surface area contributed by atoms with Crippen molar-refractivity contribution in [2.45, 2.75) is 46.2 Å². The van der Waals surface area contributed by atoms with Gasteiger partial charge >= 0.3 is 0 Å². The second-order valence-corrected chi connectivity index (χ2v) is 5.02. The van der Waals surface area contributed by atoms with Crippen LogP contribution in [0.25, 0.3) is 5.69 Å². The Balaban J connectivity index is 2.29. The Labute approximate surface area is 114 Å². The van der Waals surface area contributed by atoms with Gasteiger partial charge in [0.25, 0.3) is 0 Å². The molecule has 0 spiro atoms. The molecule has 0 atom stereocenters. The van der Waals surface area contributed by atoms with E-state index in [4.69, 9.17) is 0 Å². The van der Waals surface area contributed by atoms with E-state index in [2.05, 4.69) is 36.2 Å². The molecule has 2 aromatic heterocycles. The van der Waals surface area contributed by atoms with Crippen LogP contribution in [0.5, 0.6) is 0 Å². The first kappa shape index (κ1) is 13.7. The quantitative estimate of drug-likeness (QED) is 0.866. The van der Waals surface area contributed by atoms with E-state index in [0.29, 0.717) is 6.04 Å². The zero-order chi connectivity index (χ0) is 13.7. The topological polar surface area (TPSA) is 42.7 Å². The predicted octanol–water partition coefficient (Wildman–Crippen LogP) is 2.72. The van der Waals surface area contributed by atoms with Crippen LogP contribution in [-0.4, -0.2) is 20.8 Å². The maximum Gasteiger partial charge on any atom is 0.0679 e. The average molecular weight is 258 g/mol. The molecule has 0 bridgehead atoms. The maximum absolute atomic E-state index is 4.53. The number of hydrogen-bond donors (Lipinski definition) is 1. The van der Waals surface area contributed by atoms with E-state index in [1.165, 1.54) is 11.3 Å². The van der Waals surface area contributed by atoms with Crippen molar-refractivity contribution in [1.29, 1.82) is 0 Å². The average Bonchev–Trinajstić information content (AvgIpc) is 2.81. The summed E-state index contributed by atoms with van der Waals surface area (Å²) in [6.45, 7) is 7.39. The van der Waals surface area contributed by atoms with Crippen molar-refractivity contribution < 1.29 is 0 Å². The molecule has 102 valence electrons. The standard InChI is InChI=1S/C15H22N4/c1-4-5-15-13(10-17-12(2)3)11-18-19(15)14-6-8-16-9-7-14/h6-9,11-12,17H,4-5,10H2,1-3H3. The fraction of sp³-hybridized carbons (Fsp3) is 0.467. The van der Waals surface area contributed by atoms with Crippen molar-refractivity contribution in [3.63, 3.8) is 0 Å². The van der Waals surface area contributed by atoms with E-state index in [0.717, 1.165) is 25.1 Å². The number of nitrogens with zero attached hydrogens (tertiary/aromatic N) is 3. The molecule has 0 aromatic carbocycles. The molecule has 0 saturated carbocycles. The summed E-state index contributed by atoms with van der Waals surface area (Å²) in [6, 6.07) is 4.47. The summed E-state index contributed by atoms with van der Waals surface area (Å²) in [4.78, 5) is 4.06. The van der Waals surface area contributed by atoms with Crippen LogP contribution >= 0.6 is 0 Å². The molecule has 2 heterocycles. The first-order valence-corrected chi connectivity index (χ1v) is 6.92. The number of pyridine rings is 1. The van der Waals surface area contributed by atoms with Gasteiger partial charge in [-0.05, 0) is 18.6 Å². The van der Waals surface area contributed by atoms with E-state index in [1.54, 1.807) is 12.4 Å². The van der Waals surface area contributed by atoms with Crippen LogP contribution in [0.4, 0.5) is 0 Å². The molecule has 0 amide bonds. The molecule has 0 radical (unpaired) electrons. The highest BCUT2D eigenvalue weighted by Crippen LogP contribution is 2.16. The SMILES string of the molecule is CCCc1c(CNC(C)C)cnn1-c1ccncc1. The van der Waals surface area contributed by atoms with Gasteiger partial charge in [-0.2, -0.15) is 5.10 Å². The van der Waals surface area contributed by atoms with Crippen molar-refractivity contribution in [1.82, 2.24) is 20.1 Å². The minimum atomic E-state index is 0.485. The molecule has 0 aliphatic rings. The molecule has 0 aliphatic heterocycles. The van der Waals surface area contributed by atoms with Crippen molar-refractivity contribution >= 4 is 0 Å². The highest BCUT2D eigenvalue weighted by molar-refractivity contribution is 5.33. The Morgan fingerprint density at radius 1 is 1.26 bits per heavy atom. The van der Waals surface area contributed by atoms with E-state index in [-0.39, 0.29) is 0 Å². The first-order chi connectivity index (χ1) is 9.22. The third-order valence-corrected chi connectivity index (χ3v) is 3.05. The van der Waals surface area contributed by atoms with Gasteiger partial charge in [-0.1, -0.05) is 27.2 Å². The van der Waals surface area contributed by atoms with E-state index in [9.17, 15) is 0 Å². The van der Waals surface area contributed by atoms with Gasteiger partial charge in [0.15, 0.2) is 0 Å². The molecular formula is C15H22N4. The normalized spacial score (nSPS) is 11.2. The maximum atomic E-state index is 4.53. The molecule has 0 saturated heterocycles. The molecule has 0 fully saturated rings. The Morgan fingerprint density at radius 2 is 2.00 bits per heavy atom. The summed E-state index contributed by atoms with van der Waals surface area (Å²) in [6.07, 6.45) is 7.74. The summed E-state index contributed by atoms with van der Waals surface area (Å²) >= 11 is 0. The fourth-order valence-electron chi connectivity index (χ4n) is 2.08. The van der Waals surface area contributed by atoms with Gasteiger partial charge in [0.1, 0.15) is 0 Å². The van der Waals surface area contributed by atoms with Crippen molar-refractivity contribution in [3.05, 3.63) is 42.0 Å². The van der Waals surface area contributed by atoms with Crippen LogP contribution in [0.3, 0.4) is 0 Å². The molecule has 1 N–H and O–H groups in total. The Bertz CT molecular complexity index is 502. The molecule has 0 unspecified atom stereocenters. The zero-order valence-corrected chi connectivity index (χ0v) is 11.9. The van der Waals surface area contributed by atoms with Gasteiger partial charge in [-0.25, -0.2) is 4.68 Å². The Hall–Kier alpha value is -1.68. The van der Waals surface area contributed by atoms with Gasteiger partial charge in [-0.15, -0.1) is 0 Å². The Morgan fingerprint density at radius 3 is 2.63 bits per heavy atom. The van der Waals surface area contributed by atoms with Gasteiger partial charge in [0.05, 0.1) is 11.9 Å². The zero-order valence-electron chi connectivity index (χ0n) is 11.9. The first-order valence-electron chi connectivity index (χ1n) is 6.92. The third kappa shape index (κ3) is 3.41. The molecule has 4 nitrogen and oxygen atoms in total. The van der Waals surface area contributed by atoms with Crippen LogP contribution in [0.15, 0.2) is 30.7 Å². The lowest BCUT2D eigenvalue weighted by atomic mass is 10.1. The third-order valence-electron chi connectivity index (χ3n) is 3.05. The van der Waals surface area contributed by atoms with E-state index < -0.39 is 0 Å². The molecule has 2 rings (SSSR count). The summed E-state index contributed by atoms with van der Waals surface area (Å²) in [7, 11) is 0. The summed E-state index contributed by atoms with van der Waals surface area (Å²) in [5, 5.41) is 7.99. The monoisotopic (exact) mass is 258 g/mol. The number of aromatic nitrogens is 3. The summed E-state index contributed by atoms with van der Waals surface area (Å²) in [5.41, 5.74) is 3.66. The molecular weight excluding hydrogens is 236 g/mol. The van der Waals surface area contributed by atoms with Crippen molar-refractivity contribution in [3.8, 4) is 5.69 Å². The lowest BCUT2D eigenvalue weighted by Gasteiger charge is -2.11. The molecule has 19 heavy (non-hydrogen) atoms.